The summed E-state index contributed by atoms with van der Waals surface area (Å²) >= 11 is 0. The zero-order valence-corrected chi connectivity index (χ0v) is 12.8. The minimum absolute atomic E-state index is 0.200. The maximum absolute atomic E-state index is 12.0. The number of nitrogens with two attached hydrogens (primary N) is 1. The molecule has 0 aliphatic heterocycles. The quantitative estimate of drug-likeness (QED) is 0.527. The van der Waals surface area contributed by atoms with Crippen LogP contribution in [0.3, 0.4) is 0 Å². The molecule has 1 aromatic carbocycles. The zero-order valence-electron chi connectivity index (χ0n) is 12.0. The van der Waals surface area contributed by atoms with Gasteiger partial charge in [-0.1, -0.05) is 6.07 Å². The van der Waals surface area contributed by atoms with Crippen LogP contribution in [0.15, 0.2) is 12.1 Å². The molecule has 20 heavy (non-hydrogen) atoms. The zero-order chi connectivity index (χ0) is 15.3. The Balaban J connectivity index is 2.50. The van der Waals surface area contributed by atoms with Gasteiger partial charge in [-0.2, -0.15) is 0 Å². The van der Waals surface area contributed by atoms with E-state index < -0.39 is 10.0 Å². The van der Waals surface area contributed by atoms with Crippen LogP contribution in [0, 0.1) is 13.8 Å². The number of anilines is 1. The number of hydrogen-bond acceptors (Lipinski definition) is 4. The summed E-state index contributed by atoms with van der Waals surface area (Å²) < 4.78 is 24.1. The van der Waals surface area contributed by atoms with E-state index in [4.69, 9.17) is 5.73 Å². The van der Waals surface area contributed by atoms with E-state index in [-0.39, 0.29) is 5.91 Å². The van der Waals surface area contributed by atoms with Crippen molar-refractivity contribution in [3.05, 3.63) is 28.8 Å². The number of sulfonamides is 1. The van der Waals surface area contributed by atoms with Crippen molar-refractivity contribution in [1.82, 2.24) is 10.0 Å². The smallest absolute Gasteiger partial charge is 0.251 e. The van der Waals surface area contributed by atoms with Crippen LogP contribution in [-0.4, -0.2) is 33.7 Å². The van der Waals surface area contributed by atoms with Crippen LogP contribution in [0.2, 0.25) is 0 Å². The Labute approximate surface area is 119 Å². The Bertz CT molecular complexity index is 597. The first-order chi connectivity index (χ1) is 9.20. The van der Waals surface area contributed by atoms with Crippen molar-refractivity contribution in [3.63, 3.8) is 0 Å². The number of benzene rings is 1. The molecule has 0 heterocycles. The number of carbonyl (C=O) groups is 1. The fraction of sp³-hybridized carbons (Fsp3) is 0.462. The third-order valence-electron chi connectivity index (χ3n) is 2.86. The van der Waals surface area contributed by atoms with Gasteiger partial charge in [-0.05, 0) is 37.5 Å². The first-order valence-electron chi connectivity index (χ1n) is 6.30. The molecule has 0 spiro atoms. The minimum Gasteiger partial charge on any atom is -0.398 e. The summed E-state index contributed by atoms with van der Waals surface area (Å²) in [6.07, 6.45) is 1.63. The molecule has 0 unspecified atom stereocenters. The highest BCUT2D eigenvalue weighted by molar-refractivity contribution is 7.88. The van der Waals surface area contributed by atoms with Gasteiger partial charge in [-0.3, -0.25) is 4.79 Å². The van der Waals surface area contributed by atoms with Crippen LogP contribution in [0.25, 0.3) is 0 Å². The normalized spacial score (nSPS) is 11.3. The average molecular weight is 299 g/mol. The van der Waals surface area contributed by atoms with Gasteiger partial charge in [0.25, 0.3) is 5.91 Å². The third-order valence-corrected chi connectivity index (χ3v) is 3.59. The summed E-state index contributed by atoms with van der Waals surface area (Å²) in [4.78, 5) is 12.0. The molecule has 1 aromatic rings. The summed E-state index contributed by atoms with van der Waals surface area (Å²) in [6.45, 7) is 4.44. The lowest BCUT2D eigenvalue weighted by Gasteiger charge is -2.10. The van der Waals surface area contributed by atoms with E-state index in [0.29, 0.717) is 30.8 Å². The summed E-state index contributed by atoms with van der Waals surface area (Å²) in [7, 11) is -3.17. The Morgan fingerprint density at radius 1 is 1.20 bits per heavy atom. The molecule has 7 heteroatoms. The molecule has 4 N–H and O–H groups in total. The number of carbonyl (C=O) groups excluding carboxylic acids is 1. The Morgan fingerprint density at radius 2 is 1.85 bits per heavy atom. The van der Waals surface area contributed by atoms with Crippen LogP contribution in [0.4, 0.5) is 5.69 Å². The Morgan fingerprint density at radius 3 is 2.45 bits per heavy atom. The number of hydrogen-bond donors (Lipinski definition) is 3. The lowest BCUT2D eigenvalue weighted by atomic mass is 10.0. The monoisotopic (exact) mass is 299 g/mol. The van der Waals surface area contributed by atoms with Gasteiger partial charge >= 0.3 is 0 Å². The van der Waals surface area contributed by atoms with Crippen molar-refractivity contribution >= 4 is 21.6 Å². The second-order valence-electron chi connectivity index (χ2n) is 4.80. The topological polar surface area (TPSA) is 101 Å². The highest BCUT2D eigenvalue weighted by Gasteiger charge is 2.10. The minimum atomic E-state index is -3.17. The van der Waals surface area contributed by atoms with E-state index in [1.165, 1.54) is 0 Å². The van der Waals surface area contributed by atoms with Crippen molar-refractivity contribution < 1.29 is 13.2 Å². The molecule has 0 aliphatic carbocycles. The van der Waals surface area contributed by atoms with Crippen LogP contribution in [0.1, 0.15) is 27.9 Å². The van der Waals surface area contributed by atoms with Crippen LogP contribution < -0.4 is 15.8 Å². The highest BCUT2D eigenvalue weighted by atomic mass is 32.2. The SMILES string of the molecule is Cc1cc(C)c(C(=O)NCCCNS(C)(=O)=O)cc1N. The van der Waals surface area contributed by atoms with Gasteiger partial charge in [0.15, 0.2) is 0 Å². The van der Waals surface area contributed by atoms with Gasteiger partial charge < -0.3 is 11.1 Å². The highest BCUT2D eigenvalue weighted by Crippen LogP contribution is 2.17. The van der Waals surface area contributed by atoms with E-state index in [0.717, 1.165) is 17.4 Å². The van der Waals surface area contributed by atoms with E-state index >= 15 is 0 Å². The van der Waals surface area contributed by atoms with Crippen LogP contribution in [-0.2, 0) is 10.0 Å². The van der Waals surface area contributed by atoms with Gasteiger partial charge in [0.1, 0.15) is 0 Å². The fourth-order valence-corrected chi connectivity index (χ4v) is 2.27. The maximum atomic E-state index is 12.0. The molecule has 0 aliphatic rings. The second kappa shape index (κ2) is 6.71. The van der Waals surface area contributed by atoms with Gasteiger partial charge in [-0.15, -0.1) is 0 Å². The summed E-state index contributed by atoms with van der Waals surface area (Å²) in [5.41, 5.74) is 8.73. The lowest BCUT2D eigenvalue weighted by Crippen LogP contribution is -2.29. The first-order valence-corrected chi connectivity index (χ1v) is 8.19. The summed E-state index contributed by atoms with van der Waals surface area (Å²) in [6, 6.07) is 3.53. The molecule has 0 fully saturated rings. The van der Waals surface area contributed by atoms with E-state index in [9.17, 15) is 13.2 Å². The molecular formula is C13H21N3O3S. The van der Waals surface area contributed by atoms with Crippen molar-refractivity contribution in [2.75, 3.05) is 25.1 Å². The molecule has 0 saturated carbocycles. The molecule has 0 radical (unpaired) electrons. The van der Waals surface area contributed by atoms with Crippen molar-refractivity contribution in [1.29, 1.82) is 0 Å². The molecule has 0 saturated heterocycles. The molecular weight excluding hydrogens is 278 g/mol. The predicted molar refractivity (Wildman–Crippen MR) is 80.1 cm³/mol. The average Bonchev–Trinajstić information content (AvgIpc) is 2.31. The maximum Gasteiger partial charge on any atom is 0.251 e. The second-order valence-corrected chi connectivity index (χ2v) is 6.63. The number of nitrogen functional groups attached to an aromatic ring is 1. The lowest BCUT2D eigenvalue weighted by molar-refractivity contribution is 0.0953. The number of nitrogens with one attached hydrogen (secondary N) is 2. The van der Waals surface area contributed by atoms with E-state index in [1.807, 2.05) is 19.9 Å². The first kappa shape index (κ1) is 16.5. The van der Waals surface area contributed by atoms with E-state index in [2.05, 4.69) is 10.0 Å². The molecule has 0 bridgehead atoms. The Hall–Kier alpha value is -1.60. The van der Waals surface area contributed by atoms with Crippen LogP contribution in [0.5, 0.6) is 0 Å². The predicted octanol–water partition coefficient (Wildman–Crippen LogP) is 0.555. The van der Waals surface area contributed by atoms with Gasteiger partial charge in [0.2, 0.25) is 10.0 Å². The molecule has 1 rings (SSSR count). The van der Waals surface area contributed by atoms with E-state index in [1.54, 1.807) is 6.07 Å². The molecule has 0 atom stereocenters. The molecule has 112 valence electrons. The fourth-order valence-electron chi connectivity index (χ4n) is 1.76. The largest absolute Gasteiger partial charge is 0.398 e. The van der Waals surface area contributed by atoms with Gasteiger partial charge in [-0.25, -0.2) is 13.1 Å². The number of amides is 1. The molecule has 1 amide bonds. The third kappa shape index (κ3) is 5.18. The van der Waals surface area contributed by atoms with Crippen molar-refractivity contribution in [2.45, 2.75) is 20.3 Å². The van der Waals surface area contributed by atoms with Gasteiger partial charge in [0, 0.05) is 24.3 Å². The summed E-state index contributed by atoms with van der Waals surface area (Å²) in [5, 5.41) is 2.74. The van der Waals surface area contributed by atoms with Gasteiger partial charge in [0.05, 0.1) is 6.26 Å². The number of aryl methyl sites for hydroxylation is 2. The van der Waals surface area contributed by atoms with Crippen molar-refractivity contribution in [2.24, 2.45) is 0 Å². The molecule has 6 nitrogen and oxygen atoms in total. The van der Waals surface area contributed by atoms with Crippen LogP contribution >= 0.6 is 0 Å². The van der Waals surface area contributed by atoms with Crippen molar-refractivity contribution in [3.8, 4) is 0 Å². The Kier molecular flexibility index (Phi) is 5.52. The summed E-state index contributed by atoms with van der Waals surface area (Å²) in [5.74, 6) is -0.200. The standard InChI is InChI=1S/C13H21N3O3S/c1-9-7-10(2)12(14)8-11(9)13(17)15-5-4-6-16-20(3,18)19/h7-8,16H,4-6,14H2,1-3H3,(H,15,17). The number of rotatable bonds is 6. The molecule has 0 aromatic heterocycles.